The van der Waals surface area contributed by atoms with Gasteiger partial charge in [0, 0.05) is 17.4 Å². The van der Waals surface area contributed by atoms with Crippen LogP contribution in [0.25, 0.3) is 6.20 Å². The van der Waals surface area contributed by atoms with Crippen molar-refractivity contribution in [3.8, 4) is 0 Å². The van der Waals surface area contributed by atoms with Crippen molar-refractivity contribution in [2.45, 2.75) is 99.3 Å². The average molecular weight is 631 g/mol. The van der Waals surface area contributed by atoms with E-state index in [1.54, 1.807) is 6.20 Å². The van der Waals surface area contributed by atoms with Gasteiger partial charge in [-0.15, -0.1) is 0 Å². The van der Waals surface area contributed by atoms with Gasteiger partial charge >= 0.3 is 6.18 Å². The van der Waals surface area contributed by atoms with E-state index in [2.05, 4.69) is 69.1 Å². The molecule has 1 amide bonds. The summed E-state index contributed by atoms with van der Waals surface area (Å²) in [7, 11) is 0. The fraction of sp³-hybridized carbons (Fsp3) is 0.485. The molecule has 0 spiro atoms. The number of hydrogen-bond acceptors (Lipinski definition) is 6. The van der Waals surface area contributed by atoms with Gasteiger partial charge in [-0.1, -0.05) is 52.5 Å². The van der Waals surface area contributed by atoms with Crippen molar-refractivity contribution < 1.29 is 18.0 Å². The molecule has 3 aromatic rings. The molecule has 0 saturated carbocycles. The lowest BCUT2D eigenvalue weighted by Crippen LogP contribution is -2.36. The Labute approximate surface area is 263 Å². The normalized spacial score (nSPS) is 13.5. The number of imidazole rings is 1. The number of halogens is 3. The molecule has 0 aliphatic rings. The van der Waals surface area contributed by atoms with Gasteiger partial charge in [0.2, 0.25) is 0 Å². The van der Waals surface area contributed by atoms with Crippen LogP contribution in [-0.4, -0.2) is 26.0 Å². The Kier molecular flexibility index (Phi) is 10.8. The molecule has 11 heteroatoms. The number of aryl methyl sites for hydroxylation is 2. The quantitative estimate of drug-likeness (QED) is 0.137. The van der Waals surface area contributed by atoms with Crippen LogP contribution >= 0.6 is 11.3 Å². The Morgan fingerprint density at radius 1 is 1.11 bits per heavy atom. The highest BCUT2D eigenvalue weighted by Crippen LogP contribution is 2.34. The minimum atomic E-state index is -4.39. The van der Waals surface area contributed by atoms with Crippen molar-refractivity contribution in [3.05, 3.63) is 70.3 Å². The van der Waals surface area contributed by atoms with Gasteiger partial charge in [-0.25, -0.2) is 9.97 Å². The fourth-order valence-corrected chi connectivity index (χ4v) is 6.07. The van der Waals surface area contributed by atoms with Gasteiger partial charge in [0.1, 0.15) is 21.7 Å². The maximum absolute atomic E-state index is 13.7. The molecule has 0 radical (unpaired) electrons. The fourth-order valence-electron chi connectivity index (χ4n) is 5.23. The van der Waals surface area contributed by atoms with Crippen LogP contribution in [0.3, 0.4) is 0 Å². The Bertz CT molecular complexity index is 1490. The van der Waals surface area contributed by atoms with Gasteiger partial charge in [0.15, 0.2) is 0 Å². The SMILES string of the molecule is C=C(CC)C(=Cn1c(C)nc(CC)c1NC(C)(C)CC(C)(C)C)C(=O)NC(C)c1ncc(Nc2ccc(C(F)(F)F)cc2)s1. The van der Waals surface area contributed by atoms with Crippen LogP contribution in [0.2, 0.25) is 0 Å². The van der Waals surface area contributed by atoms with E-state index in [1.165, 1.54) is 23.5 Å². The maximum atomic E-state index is 13.7. The Balaban J connectivity index is 1.84. The molecule has 0 saturated heterocycles. The number of anilines is 3. The molecule has 0 fully saturated rings. The van der Waals surface area contributed by atoms with Crippen LogP contribution in [0.5, 0.6) is 0 Å². The van der Waals surface area contributed by atoms with E-state index >= 15 is 0 Å². The Morgan fingerprint density at radius 2 is 1.75 bits per heavy atom. The number of amides is 1. The number of benzene rings is 1. The molecular formula is C33H45F3N6OS. The minimum absolute atomic E-state index is 0.110. The summed E-state index contributed by atoms with van der Waals surface area (Å²) in [5.41, 5.74) is 1.73. The van der Waals surface area contributed by atoms with E-state index in [0.717, 1.165) is 42.3 Å². The number of carbonyl (C=O) groups excluding carboxylic acids is 1. The smallest absolute Gasteiger partial charge is 0.365 e. The highest BCUT2D eigenvalue weighted by atomic mass is 32.1. The van der Waals surface area contributed by atoms with Crippen LogP contribution < -0.4 is 16.0 Å². The number of thiazole rings is 1. The third kappa shape index (κ3) is 9.20. The predicted octanol–water partition coefficient (Wildman–Crippen LogP) is 9.28. The van der Waals surface area contributed by atoms with Gasteiger partial charge < -0.3 is 16.0 Å². The van der Waals surface area contributed by atoms with Gasteiger partial charge in [-0.2, -0.15) is 13.2 Å². The van der Waals surface area contributed by atoms with Gasteiger partial charge in [0.25, 0.3) is 5.91 Å². The van der Waals surface area contributed by atoms with Crippen molar-refractivity contribution in [2.24, 2.45) is 5.41 Å². The molecule has 3 rings (SSSR count). The first-order valence-electron chi connectivity index (χ1n) is 14.8. The highest BCUT2D eigenvalue weighted by Gasteiger charge is 2.30. The number of rotatable bonds is 12. The molecule has 1 atom stereocenters. The molecule has 0 bridgehead atoms. The first-order valence-corrected chi connectivity index (χ1v) is 15.6. The first-order chi connectivity index (χ1) is 20.3. The van der Waals surface area contributed by atoms with Crippen molar-refractivity contribution in [1.29, 1.82) is 0 Å². The zero-order valence-corrected chi connectivity index (χ0v) is 28.0. The lowest BCUT2D eigenvalue weighted by molar-refractivity contribution is -0.137. The van der Waals surface area contributed by atoms with Crippen LogP contribution in [0.15, 0.2) is 48.2 Å². The summed E-state index contributed by atoms with van der Waals surface area (Å²) in [4.78, 5) is 22.9. The molecule has 240 valence electrons. The van der Waals surface area contributed by atoms with Crippen molar-refractivity contribution in [3.63, 3.8) is 0 Å². The summed E-state index contributed by atoms with van der Waals surface area (Å²) < 4.78 is 40.6. The zero-order chi connectivity index (χ0) is 33.0. The lowest BCUT2D eigenvalue weighted by Gasteiger charge is -2.34. The number of nitrogens with zero attached hydrogens (tertiary/aromatic N) is 3. The lowest BCUT2D eigenvalue weighted by atomic mass is 9.82. The van der Waals surface area contributed by atoms with E-state index in [4.69, 9.17) is 4.98 Å². The van der Waals surface area contributed by atoms with Crippen molar-refractivity contribution in [1.82, 2.24) is 19.9 Å². The molecule has 3 N–H and O–H groups in total. The summed E-state index contributed by atoms with van der Waals surface area (Å²) in [6, 6.07) is 4.37. The number of aromatic nitrogens is 3. The summed E-state index contributed by atoms with van der Waals surface area (Å²) >= 11 is 1.31. The van der Waals surface area contributed by atoms with E-state index < -0.39 is 17.8 Å². The van der Waals surface area contributed by atoms with Gasteiger partial charge in [-0.05, 0) is 82.2 Å². The number of nitrogens with one attached hydrogen (secondary N) is 3. The Morgan fingerprint density at radius 3 is 2.30 bits per heavy atom. The average Bonchev–Trinajstić information content (AvgIpc) is 3.48. The van der Waals surface area contributed by atoms with E-state index in [0.29, 0.717) is 33.3 Å². The third-order valence-electron chi connectivity index (χ3n) is 6.96. The maximum Gasteiger partial charge on any atom is 0.416 e. The summed E-state index contributed by atoms with van der Waals surface area (Å²) in [6.45, 7) is 22.9. The second kappa shape index (κ2) is 13.6. The van der Waals surface area contributed by atoms with Crippen molar-refractivity contribution >= 4 is 40.0 Å². The number of hydrogen-bond donors (Lipinski definition) is 3. The molecule has 7 nitrogen and oxygen atoms in total. The molecule has 0 aliphatic heterocycles. The van der Waals surface area contributed by atoms with E-state index in [9.17, 15) is 18.0 Å². The largest absolute Gasteiger partial charge is 0.416 e. The topological polar surface area (TPSA) is 83.9 Å². The standard InChI is InChI=1S/C33H45F3N6OS/c1-11-20(3)25(18-42-22(5)39-26(12-2)28(42)41-32(9,10)19-31(6,7)8)29(43)38-21(4)30-37-17-27(44-30)40-24-15-13-23(14-16-24)33(34,35)36/h13-18,21,40-41H,3,11-12,19H2,1-2,4-10H3,(H,38,43). The monoisotopic (exact) mass is 630 g/mol. The van der Waals surface area contributed by atoms with Crippen LogP contribution in [0, 0.1) is 12.3 Å². The molecule has 0 aliphatic carbocycles. The van der Waals surface area contributed by atoms with E-state index in [1.807, 2.05) is 31.5 Å². The second-order valence-corrected chi connectivity index (χ2v) is 13.9. The van der Waals surface area contributed by atoms with Crippen LogP contribution in [0.4, 0.5) is 29.7 Å². The summed E-state index contributed by atoms with van der Waals surface area (Å²) in [5, 5.41) is 11.1. The van der Waals surface area contributed by atoms with Crippen molar-refractivity contribution in [2.75, 3.05) is 10.6 Å². The van der Waals surface area contributed by atoms with Crippen LogP contribution in [0.1, 0.15) is 96.4 Å². The zero-order valence-electron chi connectivity index (χ0n) is 27.2. The number of carbonyl (C=O) groups is 1. The van der Waals surface area contributed by atoms with E-state index in [-0.39, 0.29) is 16.9 Å². The second-order valence-electron chi connectivity index (χ2n) is 12.9. The molecule has 2 aromatic heterocycles. The summed E-state index contributed by atoms with van der Waals surface area (Å²) in [5.74, 6) is 1.33. The first kappa shape index (κ1) is 34.9. The minimum Gasteiger partial charge on any atom is -0.365 e. The van der Waals surface area contributed by atoms with Gasteiger partial charge in [-0.3, -0.25) is 9.36 Å². The molecule has 1 unspecified atom stereocenters. The van der Waals surface area contributed by atoms with Gasteiger partial charge in [0.05, 0.1) is 29.1 Å². The molecular weight excluding hydrogens is 585 g/mol. The predicted molar refractivity (Wildman–Crippen MR) is 175 cm³/mol. The molecule has 2 heterocycles. The summed E-state index contributed by atoms with van der Waals surface area (Å²) in [6.07, 6.45) is 1.25. The molecule has 44 heavy (non-hydrogen) atoms. The van der Waals surface area contributed by atoms with Crippen LogP contribution in [-0.2, 0) is 17.4 Å². The Hall–Kier alpha value is -3.60. The molecule has 1 aromatic carbocycles. The highest BCUT2D eigenvalue weighted by molar-refractivity contribution is 7.15. The third-order valence-corrected chi connectivity index (χ3v) is 8.05. The number of alkyl halides is 3.